The minimum absolute atomic E-state index is 0.584. The van der Waals surface area contributed by atoms with E-state index in [0.29, 0.717) is 52.5 Å². The maximum atomic E-state index is 6.11. The van der Waals surface area contributed by atoms with Gasteiger partial charge < -0.3 is 18.1 Å². The lowest BCUT2D eigenvalue weighted by molar-refractivity contribution is 0.669. The average molecular weight is 1910 g/mol. The summed E-state index contributed by atoms with van der Waals surface area (Å²) < 4.78 is 18.0. The molecular formula is C133H83N13OS. The van der Waals surface area contributed by atoms with Gasteiger partial charge in [0, 0.05) is 136 Å². The molecule has 0 spiro atoms. The molecule has 0 fully saturated rings. The van der Waals surface area contributed by atoms with Gasteiger partial charge in [-0.15, -0.1) is 11.3 Å². The molecule has 14 nitrogen and oxygen atoms in total. The molecule has 9 aromatic heterocycles. The van der Waals surface area contributed by atoms with Gasteiger partial charge in [-0.05, 0) is 166 Å². The van der Waals surface area contributed by atoms with Crippen molar-refractivity contribution in [1.29, 1.82) is 0 Å². The molecule has 30 aromatic rings. The zero-order valence-electron chi connectivity index (χ0n) is 79.6. The predicted octanol–water partition coefficient (Wildman–Crippen LogP) is 34.1. The molecule has 15 heteroatoms. The topological polar surface area (TPSA) is 149 Å². The molecule has 0 radical (unpaired) electrons. The van der Waals surface area contributed by atoms with E-state index in [-0.39, 0.29) is 0 Å². The minimum Gasteiger partial charge on any atom is -0.456 e. The van der Waals surface area contributed by atoms with Crippen molar-refractivity contribution >= 4 is 151 Å². The van der Waals surface area contributed by atoms with Crippen molar-refractivity contribution in [2.75, 3.05) is 0 Å². The molecule has 0 aliphatic carbocycles. The molecule has 692 valence electrons. The number of furan rings is 1. The fraction of sp³-hybridized carbons (Fsp3) is 0. The van der Waals surface area contributed by atoms with Crippen LogP contribution in [0.3, 0.4) is 0 Å². The van der Waals surface area contributed by atoms with Crippen LogP contribution in [0.5, 0.6) is 0 Å². The van der Waals surface area contributed by atoms with Crippen LogP contribution in [0, 0.1) is 0 Å². The number of hydrogen-bond donors (Lipinski definition) is 0. The Hall–Kier alpha value is -19.9. The SMILES string of the molecule is c1ccc(-c2nc(-c3ccccc3)nc(-c3cccc(-n4c5ccccc5c5cc(-c6ccc7oc8ccccc8c7c6)ccc54)c3)n2)cc1.c1ccc(-c2nc(-c3ccccc3)nc(-c3cccc(-n4c5ccccc5c5cc(-c6ccc7sc8ccccc8c7c6)ccc54)c3)n2)cc1.c1ccc(-c2nc(-c3ccccc3)nc(-n3c4ccccc4c4cc5c6c7ccccc7ccc6n(-c6ccccc6)c5cc43)n2)cc1. The number of benzene rings is 21. The summed E-state index contributed by atoms with van der Waals surface area (Å²) in [5, 5.41) is 17.0. The molecule has 0 aliphatic heterocycles. The van der Waals surface area contributed by atoms with Crippen LogP contribution in [0.1, 0.15) is 0 Å². The molecule has 21 aromatic carbocycles. The van der Waals surface area contributed by atoms with E-state index in [1.54, 1.807) is 0 Å². The standard InChI is InChI=1S/C45H28N4O.C45H28N4S.C43H27N5/c2*1-3-12-29(13-4-1)43-46-44(30-14-5-2-6-15-30)48-45(47-43)33-16-11-17-34(26-33)49-39-20-9-7-18-35(39)37-27-31(22-24-40(37)49)32-23-25-42-38(28-32)36-19-8-10-21-41(36)50-42;1-4-15-29(16-5-1)41-44-42(30-17-6-2-7-18-30)46-43(45-41)48-36-23-13-12-22-33(36)34-26-35-39(27-38(34)48)47(31-19-8-3-9-20-31)37-25-24-28-14-10-11-21-32(28)40(35)37/h2*1-28H;1-27H. The highest BCUT2D eigenvalue weighted by Crippen LogP contribution is 2.47. The summed E-state index contributed by atoms with van der Waals surface area (Å²) >= 11 is 1.85. The van der Waals surface area contributed by atoms with E-state index in [1.165, 1.54) is 79.9 Å². The van der Waals surface area contributed by atoms with E-state index in [1.807, 2.05) is 205 Å². The van der Waals surface area contributed by atoms with E-state index >= 15 is 0 Å². The number of nitrogens with zero attached hydrogens (tertiary/aromatic N) is 13. The molecule has 9 heterocycles. The summed E-state index contributed by atoms with van der Waals surface area (Å²) in [6.07, 6.45) is 0. The second kappa shape index (κ2) is 36.3. The second-order valence-electron chi connectivity index (χ2n) is 37.1. The predicted molar refractivity (Wildman–Crippen MR) is 609 cm³/mol. The van der Waals surface area contributed by atoms with E-state index in [0.717, 1.165) is 144 Å². The largest absolute Gasteiger partial charge is 0.456 e. The molecule has 148 heavy (non-hydrogen) atoms. The number of fused-ring (bicyclic) bond motifs is 20. The highest BCUT2D eigenvalue weighted by atomic mass is 32.1. The molecule has 0 amide bonds. The lowest BCUT2D eigenvalue weighted by Crippen LogP contribution is -2.06. The summed E-state index contributed by atoms with van der Waals surface area (Å²) in [5.74, 6) is 5.71. The minimum atomic E-state index is 0.584. The van der Waals surface area contributed by atoms with Crippen molar-refractivity contribution in [1.82, 2.24) is 63.1 Å². The van der Waals surface area contributed by atoms with Crippen LogP contribution < -0.4 is 0 Å². The Labute approximate surface area is 852 Å². The molecule has 0 unspecified atom stereocenters. The van der Waals surface area contributed by atoms with Crippen molar-refractivity contribution in [3.8, 4) is 136 Å². The maximum absolute atomic E-state index is 6.11. The van der Waals surface area contributed by atoms with Crippen molar-refractivity contribution in [3.05, 3.63) is 504 Å². The number of hydrogen-bond acceptors (Lipinski definition) is 11. The molecule has 0 saturated carbocycles. The molecule has 0 bridgehead atoms. The Kier molecular flexibility index (Phi) is 21.1. The van der Waals surface area contributed by atoms with Gasteiger partial charge in [0.15, 0.2) is 46.6 Å². The van der Waals surface area contributed by atoms with Gasteiger partial charge in [-0.2, -0.15) is 9.97 Å². The van der Waals surface area contributed by atoms with Crippen LogP contribution in [0.4, 0.5) is 0 Å². The fourth-order valence-electron chi connectivity index (χ4n) is 21.3. The van der Waals surface area contributed by atoms with E-state index in [4.69, 9.17) is 49.3 Å². The Balaban J connectivity index is 0.000000107. The normalized spacial score (nSPS) is 11.6. The first-order valence-corrected chi connectivity index (χ1v) is 50.3. The zero-order valence-corrected chi connectivity index (χ0v) is 80.4. The summed E-state index contributed by atoms with van der Waals surface area (Å²) in [6, 6.07) is 176. The van der Waals surface area contributed by atoms with Crippen molar-refractivity contribution < 1.29 is 4.42 Å². The van der Waals surface area contributed by atoms with E-state index < -0.39 is 0 Å². The maximum Gasteiger partial charge on any atom is 0.238 e. The van der Waals surface area contributed by atoms with Gasteiger partial charge in [0.2, 0.25) is 5.95 Å². The van der Waals surface area contributed by atoms with Gasteiger partial charge in [-0.3, -0.25) is 4.57 Å². The Bertz CT molecular complexity index is 9870. The van der Waals surface area contributed by atoms with Crippen LogP contribution in [-0.2, 0) is 0 Å². The second-order valence-corrected chi connectivity index (χ2v) is 38.2. The Morgan fingerprint density at radius 2 is 0.473 bits per heavy atom. The summed E-state index contributed by atoms with van der Waals surface area (Å²) in [5.41, 5.74) is 26.3. The number of rotatable bonds is 14. The quantitative estimate of drug-likeness (QED) is 0.103. The monoisotopic (exact) mass is 1910 g/mol. The smallest absolute Gasteiger partial charge is 0.238 e. The average Bonchev–Trinajstić information content (AvgIpc) is 1.54. The summed E-state index contributed by atoms with van der Waals surface area (Å²) in [6.45, 7) is 0. The van der Waals surface area contributed by atoms with E-state index in [2.05, 4.69) is 328 Å². The van der Waals surface area contributed by atoms with Gasteiger partial charge in [0.25, 0.3) is 0 Å². The highest BCUT2D eigenvalue weighted by molar-refractivity contribution is 7.25. The van der Waals surface area contributed by atoms with Gasteiger partial charge in [-0.1, -0.05) is 370 Å². The van der Waals surface area contributed by atoms with Crippen LogP contribution in [0.25, 0.3) is 276 Å². The Morgan fingerprint density at radius 1 is 0.155 bits per heavy atom. The first-order valence-electron chi connectivity index (χ1n) is 49.5. The zero-order chi connectivity index (χ0) is 97.6. The molecular weight excluding hydrogens is 1830 g/mol. The molecule has 0 aliphatic rings. The van der Waals surface area contributed by atoms with Gasteiger partial charge >= 0.3 is 0 Å². The van der Waals surface area contributed by atoms with E-state index in [9.17, 15) is 0 Å². The van der Waals surface area contributed by atoms with Crippen molar-refractivity contribution in [2.24, 2.45) is 0 Å². The number of thiophene rings is 1. The lowest BCUT2D eigenvalue weighted by atomic mass is 10.0. The fourth-order valence-corrected chi connectivity index (χ4v) is 22.4. The first kappa shape index (κ1) is 86.1. The van der Waals surface area contributed by atoms with Crippen LogP contribution >= 0.6 is 11.3 Å². The van der Waals surface area contributed by atoms with Crippen molar-refractivity contribution in [3.63, 3.8) is 0 Å². The van der Waals surface area contributed by atoms with Gasteiger partial charge in [-0.25, -0.2) is 34.9 Å². The van der Waals surface area contributed by atoms with Crippen molar-refractivity contribution in [2.45, 2.75) is 0 Å². The van der Waals surface area contributed by atoms with Crippen LogP contribution in [0.2, 0.25) is 0 Å². The van der Waals surface area contributed by atoms with Crippen LogP contribution in [0.15, 0.2) is 508 Å². The Morgan fingerprint density at radius 3 is 0.959 bits per heavy atom. The summed E-state index contributed by atoms with van der Waals surface area (Å²) in [7, 11) is 0. The number of para-hydroxylation sites is 5. The number of aromatic nitrogens is 13. The third-order valence-electron chi connectivity index (χ3n) is 28.2. The molecule has 30 rings (SSSR count). The summed E-state index contributed by atoms with van der Waals surface area (Å²) in [4.78, 5) is 45.0. The molecule has 0 atom stereocenters. The third-order valence-corrected chi connectivity index (χ3v) is 29.4. The third kappa shape index (κ3) is 15.3. The molecule has 0 N–H and O–H groups in total. The lowest BCUT2D eigenvalue weighted by Gasteiger charge is -2.12. The first-order chi connectivity index (χ1) is 73.3. The van der Waals surface area contributed by atoms with Gasteiger partial charge in [0.05, 0.1) is 44.1 Å². The van der Waals surface area contributed by atoms with Gasteiger partial charge in [0.1, 0.15) is 11.2 Å². The molecule has 0 saturated heterocycles. The van der Waals surface area contributed by atoms with Crippen LogP contribution in [-0.4, -0.2) is 63.1 Å². The highest BCUT2D eigenvalue weighted by Gasteiger charge is 2.26.